The summed E-state index contributed by atoms with van der Waals surface area (Å²) in [6.07, 6.45) is 4.34. The van der Waals surface area contributed by atoms with E-state index in [1.54, 1.807) is 17.0 Å². The van der Waals surface area contributed by atoms with Crippen molar-refractivity contribution in [2.24, 2.45) is 0 Å². The summed E-state index contributed by atoms with van der Waals surface area (Å²) in [5.74, 6) is 0.483. The summed E-state index contributed by atoms with van der Waals surface area (Å²) in [7, 11) is 0. The maximum atomic E-state index is 12.5. The monoisotopic (exact) mass is 286 g/mol. The Bertz CT molecular complexity index is 651. The van der Waals surface area contributed by atoms with E-state index >= 15 is 0 Å². The van der Waals surface area contributed by atoms with Crippen LogP contribution < -0.4 is 16.2 Å². The van der Waals surface area contributed by atoms with Crippen molar-refractivity contribution in [1.82, 2.24) is 9.55 Å². The van der Waals surface area contributed by atoms with Gasteiger partial charge in [-0.3, -0.25) is 4.79 Å². The molecule has 112 valence electrons. The van der Waals surface area contributed by atoms with Crippen LogP contribution in [0.15, 0.2) is 41.5 Å². The van der Waals surface area contributed by atoms with Crippen molar-refractivity contribution in [1.29, 1.82) is 0 Å². The van der Waals surface area contributed by atoms with E-state index in [1.807, 2.05) is 36.1 Å². The van der Waals surface area contributed by atoms with Crippen LogP contribution in [0.25, 0.3) is 0 Å². The summed E-state index contributed by atoms with van der Waals surface area (Å²) in [4.78, 5) is 18.7. The largest absolute Gasteiger partial charge is 0.398 e. The van der Waals surface area contributed by atoms with Gasteiger partial charge in [0.25, 0.3) is 5.56 Å². The molecule has 0 saturated heterocycles. The minimum Gasteiger partial charge on any atom is -0.398 e. The fourth-order valence-electron chi connectivity index (χ4n) is 2.29. The molecule has 2 rings (SSSR count). The number of aromatic nitrogens is 2. The Morgan fingerprint density at radius 1 is 1.29 bits per heavy atom. The maximum Gasteiger partial charge on any atom is 0.293 e. The van der Waals surface area contributed by atoms with Gasteiger partial charge in [0.05, 0.1) is 0 Å². The number of anilines is 2. The molecule has 0 saturated carbocycles. The summed E-state index contributed by atoms with van der Waals surface area (Å²) < 4.78 is 1.71. The second-order valence-electron chi connectivity index (χ2n) is 4.96. The van der Waals surface area contributed by atoms with Gasteiger partial charge in [-0.25, -0.2) is 4.98 Å². The standard InChI is InChI=1S/C16H22N4O/c1-3-10-20-11-9-18-15(16(20)21)19(4-2)12-13-7-5-6-8-14(13)17/h5-9,11H,3-4,10,12,17H2,1-2H3. The average Bonchev–Trinajstić information content (AvgIpc) is 2.49. The lowest BCUT2D eigenvalue weighted by atomic mass is 10.1. The number of hydrogen-bond acceptors (Lipinski definition) is 4. The Morgan fingerprint density at radius 3 is 2.71 bits per heavy atom. The van der Waals surface area contributed by atoms with Crippen molar-refractivity contribution in [2.45, 2.75) is 33.4 Å². The van der Waals surface area contributed by atoms with Crippen molar-refractivity contribution in [2.75, 3.05) is 17.2 Å². The van der Waals surface area contributed by atoms with Crippen LogP contribution in [0.1, 0.15) is 25.8 Å². The molecule has 0 unspecified atom stereocenters. The van der Waals surface area contributed by atoms with E-state index < -0.39 is 0 Å². The maximum absolute atomic E-state index is 12.5. The zero-order chi connectivity index (χ0) is 15.2. The molecule has 0 bridgehead atoms. The van der Waals surface area contributed by atoms with Crippen LogP contribution in [0.3, 0.4) is 0 Å². The highest BCUT2D eigenvalue weighted by Crippen LogP contribution is 2.15. The first-order valence-electron chi connectivity index (χ1n) is 7.31. The van der Waals surface area contributed by atoms with Crippen molar-refractivity contribution < 1.29 is 0 Å². The molecule has 1 aromatic heterocycles. The van der Waals surface area contributed by atoms with Crippen molar-refractivity contribution in [3.05, 3.63) is 52.6 Å². The molecule has 0 aliphatic rings. The van der Waals surface area contributed by atoms with Gasteiger partial charge in [-0.2, -0.15) is 0 Å². The molecular formula is C16H22N4O. The second-order valence-corrected chi connectivity index (χ2v) is 4.96. The smallest absolute Gasteiger partial charge is 0.293 e. The van der Waals surface area contributed by atoms with Crippen molar-refractivity contribution in [3.8, 4) is 0 Å². The first-order chi connectivity index (χ1) is 10.2. The van der Waals surface area contributed by atoms with Gasteiger partial charge < -0.3 is 15.2 Å². The predicted octanol–water partition coefficient (Wildman–Crippen LogP) is 2.26. The molecule has 1 aromatic carbocycles. The molecule has 0 radical (unpaired) electrons. The third kappa shape index (κ3) is 3.42. The minimum absolute atomic E-state index is 0.0456. The first kappa shape index (κ1) is 15.1. The van der Waals surface area contributed by atoms with Crippen molar-refractivity contribution >= 4 is 11.5 Å². The number of aryl methyl sites for hydroxylation is 1. The lowest BCUT2D eigenvalue weighted by molar-refractivity contribution is 0.641. The average molecular weight is 286 g/mol. The van der Waals surface area contributed by atoms with E-state index in [2.05, 4.69) is 11.9 Å². The molecule has 5 heteroatoms. The van der Waals surface area contributed by atoms with E-state index in [1.165, 1.54) is 0 Å². The minimum atomic E-state index is -0.0456. The number of nitrogen functional groups attached to an aromatic ring is 1. The van der Waals surface area contributed by atoms with Gasteiger partial charge in [-0.15, -0.1) is 0 Å². The molecule has 2 aromatic rings. The zero-order valence-corrected chi connectivity index (χ0v) is 12.6. The fourth-order valence-corrected chi connectivity index (χ4v) is 2.29. The van der Waals surface area contributed by atoms with E-state index in [0.29, 0.717) is 25.5 Å². The Morgan fingerprint density at radius 2 is 2.05 bits per heavy atom. The number of nitrogens with two attached hydrogens (primary N) is 1. The van der Waals surface area contributed by atoms with Gasteiger partial charge >= 0.3 is 0 Å². The Labute approximate surface area is 125 Å². The lowest BCUT2D eigenvalue weighted by Crippen LogP contribution is -2.33. The van der Waals surface area contributed by atoms with Crippen LogP contribution in [-0.2, 0) is 13.1 Å². The topological polar surface area (TPSA) is 64.2 Å². The highest BCUT2D eigenvalue weighted by atomic mass is 16.1. The summed E-state index contributed by atoms with van der Waals surface area (Å²) >= 11 is 0. The molecule has 0 atom stereocenters. The molecule has 2 N–H and O–H groups in total. The van der Waals surface area contributed by atoms with Crippen LogP contribution in [0.2, 0.25) is 0 Å². The number of rotatable bonds is 6. The van der Waals surface area contributed by atoms with Crippen LogP contribution in [-0.4, -0.2) is 16.1 Å². The third-order valence-corrected chi connectivity index (χ3v) is 3.46. The second kappa shape index (κ2) is 6.92. The van der Waals surface area contributed by atoms with Gasteiger partial charge in [0.1, 0.15) is 0 Å². The molecule has 0 aliphatic heterocycles. The number of para-hydroxylation sites is 1. The molecular weight excluding hydrogens is 264 g/mol. The molecule has 0 aliphatic carbocycles. The summed E-state index contributed by atoms with van der Waals surface area (Å²) in [6.45, 7) is 6.06. The summed E-state index contributed by atoms with van der Waals surface area (Å²) in [5, 5.41) is 0. The molecule has 0 spiro atoms. The summed E-state index contributed by atoms with van der Waals surface area (Å²) in [5.41, 5.74) is 7.68. The fraction of sp³-hybridized carbons (Fsp3) is 0.375. The number of hydrogen-bond donors (Lipinski definition) is 1. The highest BCUT2D eigenvalue weighted by Gasteiger charge is 2.13. The van der Waals surface area contributed by atoms with E-state index in [0.717, 1.165) is 17.7 Å². The highest BCUT2D eigenvalue weighted by molar-refractivity contribution is 5.49. The molecule has 1 heterocycles. The zero-order valence-electron chi connectivity index (χ0n) is 12.6. The lowest BCUT2D eigenvalue weighted by Gasteiger charge is -2.22. The van der Waals surface area contributed by atoms with Gasteiger partial charge in [0, 0.05) is 37.7 Å². The van der Waals surface area contributed by atoms with Crippen LogP contribution in [0.4, 0.5) is 11.5 Å². The van der Waals surface area contributed by atoms with E-state index in [-0.39, 0.29) is 5.56 Å². The van der Waals surface area contributed by atoms with Crippen LogP contribution in [0, 0.1) is 0 Å². The number of nitrogens with zero attached hydrogens (tertiary/aromatic N) is 3. The molecule has 0 fully saturated rings. The Hall–Kier alpha value is -2.30. The van der Waals surface area contributed by atoms with E-state index in [4.69, 9.17) is 5.73 Å². The quantitative estimate of drug-likeness (QED) is 0.827. The molecule has 21 heavy (non-hydrogen) atoms. The summed E-state index contributed by atoms with van der Waals surface area (Å²) in [6, 6.07) is 7.71. The molecule has 0 amide bonds. The predicted molar refractivity (Wildman–Crippen MR) is 86.4 cm³/mol. The van der Waals surface area contributed by atoms with Crippen LogP contribution >= 0.6 is 0 Å². The van der Waals surface area contributed by atoms with Gasteiger partial charge in [0.2, 0.25) is 0 Å². The first-order valence-corrected chi connectivity index (χ1v) is 7.31. The Balaban J connectivity index is 2.32. The van der Waals surface area contributed by atoms with Gasteiger partial charge in [-0.1, -0.05) is 25.1 Å². The SMILES string of the molecule is CCCn1ccnc(N(CC)Cc2ccccc2N)c1=O. The normalized spacial score (nSPS) is 10.6. The number of benzene rings is 1. The molecule has 5 nitrogen and oxygen atoms in total. The van der Waals surface area contributed by atoms with Crippen molar-refractivity contribution in [3.63, 3.8) is 0 Å². The van der Waals surface area contributed by atoms with Gasteiger partial charge in [-0.05, 0) is 25.0 Å². The Kier molecular flexibility index (Phi) is 4.98. The van der Waals surface area contributed by atoms with E-state index in [9.17, 15) is 4.79 Å². The van der Waals surface area contributed by atoms with Gasteiger partial charge in [0.15, 0.2) is 5.82 Å². The third-order valence-electron chi connectivity index (χ3n) is 3.46. The van der Waals surface area contributed by atoms with Crippen LogP contribution in [0.5, 0.6) is 0 Å².